The van der Waals surface area contributed by atoms with Crippen molar-refractivity contribution in [1.29, 1.82) is 0 Å². The quantitative estimate of drug-likeness (QED) is 0.844. The zero-order valence-electron chi connectivity index (χ0n) is 7.83. The van der Waals surface area contributed by atoms with Crippen molar-refractivity contribution >= 4 is 15.9 Å². The summed E-state index contributed by atoms with van der Waals surface area (Å²) in [6.45, 7) is 1.31. The third kappa shape index (κ3) is 1.87. The van der Waals surface area contributed by atoms with Crippen LogP contribution in [0, 0.1) is 0 Å². The Labute approximate surface area is 91.2 Å². The monoisotopic (exact) mass is 260 g/mol. The van der Waals surface area contributed by atoms with E-state index in [4.69, 9.17) is 9.15 Å². The Morgan fingerprint density at radius 2 is 2.21 bits per heavy atom. The minimum atomic E-state index is -0.862. The number of halogens is 1. The molecule has 0 aliphatic carbocycles. The predicted octanol–water partition coefficient (Wildman–Crippen LogP) is 2.43. The first-order valence-electron chi connectivity index (χ1n) is 4.76. The summed E-state index contributed by atoms with van der Waals surface area (Å²) in [5, 5.41) is 10.4. The van der Waals surface area contributed by atoms with Crippen LogP contribution in [0.2, 0.25) is 0 Å². The highest BCUT2D eigenvalue weighted by Gasteiger charge is 2.35. The summed E-state index contributed by atoms with van der Waals surface area (Å²) in [6, 6.07) is 1.80. The molecule has 0 radical (unpaired) electrons. The minimum absolute atomic E-state index is 0.587. The maximum atomic E-state index is 10.4. The standard InChI is InChI=1S/C10H13BrO3/c11-8-2-6-14-9(8)10(12)3-1-5-13-7-4-10/h2,6,12H,1,3-5,7H2. The normalized spacial score (nSPS) is 28.7. The molecular weight excluding hydrogens is 248 g/mol. The highest BCUT2D eigenvalue weighted by Crippen LogP contribution is 2.36. The van der Waals surface area contributed by atoms with Crippen LogP contribution in [-0.4, -0.2) is 18.3 Å². The molecule has 1 saturated heterocycles. The second-order valence-corrected chi connectivity index (χ2v) is 4.45. The Bertz CT molecular complexity index is 300. The van der Waals surface area contributed by atoms with Crippen molar-refractivity contribution in [2.24, 2.45) is 0 Å². The van der Waals surface area contributed by atoms with Gasteiger partial charge in [0.1, 0.15) is 11.4 Å². The fourth-order valence-electron chi connectivity index (χ4n) is 1.79. The molecule has 0 aromatic carbocycles. The van der Waals surface area contributed by atoms with Crippen molar-refractivity contribution in [3.8, 4) is 0 Å². The van der Waals surface area contributed by atoms with E-state index in [0.717, 1.165) is 17.5 Å². The second-order valence-electron chi connectivity index (χ2n) is 3.60. The van der Waals surface area contributed by atoms with Crippen molar-refractivity contribution in [2.75, 3.05) is 13.2 Å². The molecular formula is C10H13BrO3. The van der Waals surface area contributed by atoms with Crippen molar-refractivity contribution in [3.63, 3.8) is 0 Å². The van der Waals surface area contributed by atoms with Gasteiger partial charge in [-0.05, 0) is 34.8 Å². The predicted molar refractivity (Wildman–Crippen MR) is 55.0 cm³/mol. The minimum Gasteiger partial charge on any atom is -0.465 e. The number of aliphatic hydroxyl groups is 1. The van der Waals surface area contributed by atoms with Crippen molar-refractivity contribution in [1.82, 2.24) is 0 Å². The number of ether oxygens (including phenoxy) is 1. The van der Waals surface area contributed by atoms with Crippen molar-refractivity contribution < 1.29 is 14.3 Å². The summed E-state index contributed by atoms with van der Waals surface area (Å²) in [5.41, 5.74) is -0.862. The number of furan rings is 1. The van der Waals surface area contributed by atoms with Crippen molar-refractivity contribution in [2.45, 2.75) is 24.9 Å². The van der Waals surface area contributed by atoms with Gasteiger partial charge in [0.15, 0.2) is 0 Å². The number of hydrogen-bond donors (Lipinski definition) is 1. The van der Waals surface area contributed by atoms with E-state index in [9.17, 15) is 5.11 Å². The lowest BCUT2D eigenvalue weighted by Crippen LogP contribution is -2.25. The van der Waals surface area contributed by atoms with Crippen LogP contribution in [0.3, 0.4) is 0 Å². The molecule has 0 amide bonds. The first-order chi connectivity index (χ1) is 6.72. The fourth-order valence-corrected chi connectivity index (χ4v) is 2.36. The smallest absolute Gasteiger partial charge is 0.149 e. The molecule has 78 valence electrons. The maximum absolute atomic E-state index is 10.4. The van der Waals surface area contributed by atoms with Gasteiger partial charge >= 0.3 is 0 Å². The third-order valence-corrected chi connectivity index (χ3v) is 3.20. The maximum Gasteiger partial charge on any atom is 0.149 e. The molecule has 1 aliphatic rings. The molecule has 1 aliphatic heterocycles. The highest BCUT2D eigenvalue weighted by atomic mass is 79.9. The lowest BCUT2D eigenvalue weighted by Gasteiger charge is -2.23. The van der Waals surface area contributed by atoms with Gasteiger partial charge in [0.05, 0.1) is 10.7 Å². The molecule has 3 nitrogen and oxygen atoms in total. The first-order valence-corrected chi connectivity index (χ1v) is 5.55. The SMILES string of the molecule is OC1(c2occc2Br)CCCOCC1. The molecule has 1 N–H and O–H groups in total. The molecule has 4 heteroatoms. The van der Waals surface area contributed by atoms with E-state index in [2.05, 4.69) is 15.9 Å². The van der Waals surface area contributed by atoms with Gasteiger partial charge in [-0.3, -0.25) is 0 Å². The van der Waals surface area contributed by atoms with E-state index in [1.165, 1.54) is 0 Å². The number of hydrogen-bond acceptors (Lipinski definition) is 3. The van der Waals surface area contributed by atoms with E-state index < -0.39 is 5.60 Å². The van der Waals surface area contributed by atoms with Gasteiger partial charge in [-0.25, -0.2) is 0 Å². The Morgan fingerprint density at radius 1 is 1.36 bits per heavy atom. The van der Waals surface area contributed by atoms with Crippen LogP contribution in [0.25, 0.3) is 0 Å². The molecule has 1 atom stereocenters. The fraction of sp³-hybridized carbons (Fsp3) is 0.600. The summed E-state index contributed by atoms with van der Waals surface area (Å²) in [4.78, 5) is 0. The molecule has 1 unspecified atom stereocenters. The van der Waals surface area contributed by atoms with Gasteiger partial charge in [-0.1, -0.05) is 0 Å². The topological polar surface area (TPSA) is 42.6 Å². The second kappa shape index (κ2) is 4.04. The molecule has 0 saturated carbocycles. The van der Waals surface area contributed by atoms with Crippen LogP contribution in [0.5, 0.6) is 0 Å². The van der Waals surface area contributed by atoms with Gasteiger partial charge in [0.2, 0.25) is 0 Å². The van der Waals surface area contributed by atoms with Gasteiger partial charge < -0.3 is 14.3 Å². The van der Waals surface area contributed by atoms with E-state index in [1.807, 2.05) is 0 Å². The summed E-state index contributed by atoms with van der Waals surface area (Å²) in [7, 11) is 0. The van der Waals surface area contributed by atoms with Crippen LogP contribution in [0.15, 0.2) is 21.2 Å². The third-order valence-electron chi connectivity index (χ3n) is 2.58. The molecule has 0 spiro atoms. The first kappa shape index (κ1) is 10.2. The summed E-state index contributed by atoms with van der Waals surface area (Å²) < 4.78 is 11.5. The summed E-state index contributed by atoms with van der Waals surface area (Å²) in [5.74, 6) is 0.628. The molecule has 14 heavy (non-hydrogen) atoms. The zero-order chi connectivity index (χ0) is 10.0. The molecule has 2 rings (SSSR count). The Balaban J connectivity index is 2.25. The Morgan fingerprint density at radius 3 is 2.93 bits per heavy atom. The van der Waals surface area contributed by atoms with Crippen LogP contribution >= 0.6 is 15.9 Å². The van der Waals surface area contributed by atoms with E-state index >= 15 is 0 Å². The van der Waals surface area contributed by atoms with Crippen LogP contribution in [0.1, 0.15) is 25.0 Å². The van der Waals surface area contributed by atoms with Crippen LogP contribution in [-0.2, 0) is 10.3 Å². The van der Waals surface area contributed by atoms with Crippen molar-refractivity contribution in [3.05, 3.63) is 22.6 Å². The molecule has 1 aromatic rings. The Kier molecular flexibility index (Phi) is 2.95. The van der Waals surface area contributed by atoms with E-state index in [0.29, 0.717) is 25.2 Å². The van der Waals surface area contributed by atoms with E-state index in [1.54, 1.807) is 12.3 Å². The average molecular weight is 261 g/mol. The molecule has 1 aromatic heterocycles. The van der Waals surface area contributed by atoms with Gasteiger partial charge in [-0.2, -0.15) is 0 Å². The molecule has 1 fully saturated rings. The van der Waals surface area contributed by atoms with Gasteiger partial charge in [-0.15, -0.1) is 0 Å². The Hall–Kier alpha value is -0.320. The van der Waals surface area contributed by atoms with E-state index in [-0.39, 0.29) is 0 Å². The van der Waals surface area contributed by atoms with Gasteiger partial charge in [0.25, 0.3) is 0 Å². The van der Waals surface area contributed by atoms with Crippen LogP contribution < -0.4 is 0 Å². The lowest BCUT2D eigenvalue weighted by molar-refractivity contribution is -0.00587. The number of rotatable bonds is 1. The molecule has 2 heterocycles. The van der Waals surface area contributed by atoms with Crippen LogP contribution in [0.4, 0.5) is 0 Å². The molecule has 0 bridgehead atoms. The summed E-state index contributed by atoms with van der Waals surface area (Å²) >= 11 is 3.37. The highest BCUT2D eigenvalue weighted by molar-refractivity contribution is 9.10. The largest absolute Gasteiger partial charge is 0.465 e. The average Bonchev–Trinajstić information content (AvgIpc) is 2.46. The van der Waals surface area contributed by atoms with Gasteiger partial charge in [0, 0.05) is 19.6 Å². The summed E-state index contributed by atoms with van der Waals surface area (Å²) in [6.07, 6.45) is 3.74. The zero-order valence-corrected chi connectivity index (χ0v) is 9.42. The lowest BCUT2D eigenvalue weighted by atomic mass is 9.92.